The van der Waals surface area contributed by atoms with Crippen molar-refractivity contribution in [1.29, 1.82) is 0 Å². The minimum atomic E-state index is -1.65. The second-order valence-corrected chi connectivity index (χ2v) is 4.26. The molecule has 1 aromatic rings. The van der Waals surface area contributed by atoms with Gasteiger partial charge in [0.15, 0.2) is 5.67 Å². The Hall–Kier alpha value is -1.29. The van der Waals surface area contributed by atoms with E-state index in [0.29, 0.717) is 17.1 Å². The maximum Gasteiger partial charge on any atom is 0.157 e. The third-order valence-corrected chi connectivity index (χ3v) is 3.06. The van der Waals surface area contributed by atoms with Gasteiger partial charge in [-0.2, -0.15) is 0 Å². The summed E-state index contributed by atoms with van der Waals surface area (Å²) in [6.07, 6.45) is 0. The number of hydrogen-bond donors (Lipinski definition) is 1. The topological polar surface area (TPSA) is 44.5 Å². The van der Waals surface area contributed by atoms with Crippen LogP contribution in [0.15, 0.2) is 18.2 Å². The molecular weight excluding hydrogens is 221 g/mol. The quantitative estimate of drug-likeness (QED) is 0.861. The van der Waals surface area contributed by atoms with Crippen molar-refractivity contribution in [1.82, 2.24) is 0 Å². The summed E-state index contributed by atoms with van der Waals surface area (Å²) in [6.45, 7) is 3.47. The SMILES string of the molecule is COc1cccc(OC)c1C(F)(CN)C(C)C. The fourth-order valence-corrected chi connectivity index (χ4v) is 1.89. The van der Waals surface area contributed by atoms with E-state index in [0.717, 1.165) is 0 Å². The molecule has 1 unspecified atom stereocenters. The number of hydrogen-bond acceptors (Lipinski definition) is 3. The first-order valence-electron chi connectivity index (χ1n) is 5.61. The molecule has 96 valence electrons. The van der Waals surface area contributed by atoms with Crippen LogP contribution in [0, 0.1) is 5.92 Å². The minimum absolute atomic E-state index is 0.110. The van der Waals surface area contributed by atoms with E-state index < -0.39 is 5.67 Å². The highest BCUT2D eigenvalue weighted by atomic mass is 19.1. The smallest absolute Gasteiger partial charge is 0.157 e. The normalized spacial score (nSPS) is 14.5. The van der Waals surface area contributed by atoms with Crippen LogP contribution in [0.4, 0.5) is 4.39 Å². The summed E-state index contributed by atoms with van der Waals surface area (Å²) in [4.78, 5) is 0. The molecule has 4 heteroatoms. The summed E-state index contributed by atoms with van der Waals surface area (Å²) in [5, 5.41) is 0. The van der Waals surface area contributed by atoms with Crippen molar-refractivity contribution >= 4 is 0 Å². The van der Waals surface area contributed by atoms with Gasteiger partial charge in [0.05, 0.1) is 19.8 Å². The molecule has 0 aliphatic carbocycles. The lowest BCUT2D eigenvalue weighted by atomic mass is 9.84. The summed E-state index contributed by atoms with van der Waals surface area (Å²) < 4.78 is 25.4. The molecule has 0 saturated carbocycles. The van der Waals surface area contributed by atoms with Crippen LogP contribution in [-0.2, 0) is 5.67 Å². The zero-order valence-corrected chi connectivity index (χ0v) is 10.8. The number of benzene rings is 1. The molecule has 1 atom stereocenters. The standard InChI is InChI=1S/C13H20FNO2/c1-9(2)13(14,8-15)12-10(16-3)6-5-7-11(12)17-4/h5-7,9H,8,15H2,1-4H3. The fraction of sp³-hybridized carbons (Fsp3) is 0.538. The van der Waals surface area contributed by atoms with Gasteiger partial charge in [-0.15, -0.1) is 0 Å². The molecule has 0 heterocycles. The van der Waals surface area contributed by atoms with Crippen LogP contribution < -0.4 is 15.2 Å². The van der Waals surface area contributed by atoms with Crippen molar-refractivity contribution < 1.29 is 13.9 Å². The van der Waals surface area contributed by atoms with E-state index in [9.17, 15) is 4.39 Å². The predicted molar refractivity (Wildman–Crippen MR) is 66.2 cm³/mol. The second kappa shape index (κ2) is 5.36. The van der Waals surface area contributed by atoms with E-state index >= 15 is 0 Å². The van der Waals surface area contributed by atoms with Gasteiger partial charge in [0, 0.05) is 6.54 Å². The van der Waals surface area contributed by atoms with Crippen molar-refractivity contribution in [3.8, 4) is 11.5 Å². The first-order chi connectivity index (χ1) is 8.01. The highest BCUT2D eigenvalue weighted by Crippen LogP contribution is 2.43. The lowest BCUT2D eigenvalue weighted by Crippen LogP contribution is -2.36. The molecule has 17 heavy (non-hydrogen) atoms. The molecule has 0 amide bonds. The van der Waals surface area contributed by atoms with Gasteiger partial charge >= 0.3 is 0 Å². The molecule has 0 radical (unpaired) electrons. The molecule has 2 N–H and O–H groups in total. The average molecular weight is 241 g/mol. The van der Waals surface area contributed by atoms with Crippen molar-refractivity contribution in [2.75, 3.05) is 20.8 Å². The number of ether oxygens (including phenoxy) is 2. The van der Waals surface area contributed by atoms with Gasteiger partial charge < -0.3 is 15.2 Å². The number of methoxy groups -OCH3 is 2. The number of halogens is 1. The fourth-order valence-electron chi connectivity index (χ4n) is 1.89. The van der Waals surface area contributed by atoms with Gasteiger partial charge in [0.25, 0.3) is 0 Å². The molecular formula is C13H20FNO2. The molecule has 3 nitrogen and oxygen atoms in total. The molecule has 0 aliphatic rings. The lowest BCUT2D eigenvalue weighted by molar-refractivity contribution is 0.101. The highest BCUT2D eigenvalue weighted by Gasteiger charge is 2.39. The van der Waals surface area contributed by atoms with Crippen LogP contribution in [0.1, 0.15) is 19.4 Å². The van der Waals surface area contributed by atoms with E-state index in [1.165, 1.54) is 14.2 Å². The molecule has 0 saturated heterocycles. The van der Waals surface area contributed by atoms with Gasteiger partial charge in [-0.3, -0.25) is 0 Å². The first kappa shape index (κ1) is 13.8. The Morgan fingerprint density at radius 3 is 2.00 bits per heavy atom. The predicted octanol–water partition coefficient (Wildman–Crippen LogP) is 2.48. The van der Waals surface area contributed by atoms with Crippen molar-refractivity contribution in [3.63, 3.8) is 0 Å². The summed E-state index contributed by atoms with van der Waals surface area (Å²) in [5.41, 5.74) is 4.34. The molecule has 0 aliphatic heterocycles. The zero-order chi connectivity index (χ0) is 13.1. The van der Waals surface area contributed by atoms with Crippen LogP contribution in [0.5, 0.6) is 11.5 Å². The number of alkyl halides is 1. The van der Waals surface area contributed by atoms with E-state index in [4.69, 9.17) is 15.2 Å². The van der Waals surface area contributed by atoms with Gasteiger partial charge in [0.1, 0.15) is 11.5 Å². The Kier molecular flexibility index (Phi) is 4.34. The monoisotopic (exact) mass is 241 g/mol. The largest absolute Gasteiger partial charge is 0.496 e. The molecule has 1 aromatic carbocycles. The molecule has 0 bridgehead atoms. The maximum atomic E-state index is 15.0. The number of nitrogens with two attached hydrogens (primary N) is 1. The van der Waals surface area contributed by atoms with Gasteiger partial charge in [0.2, 0.25) is 0 Å². The summed E-state index contributed by atoms with van der Waals surface area (Å²) in [7, 11) is 3.02. The molecule has 0 fully saturated rings. The second-order valence-electron chi connectivity index (χ2n) is 4.26. The third-order valence-electron chi connectivity index (χ3n) is 3.06. The highest BCUT2D eigenvalue weighted by molar-refractivity contribution is 5.49. The van der Waals surface area contributed by atoms with Crippen molar-refractivity contribution in [2.45, 2.75) is 19.5 Å². The van der Waals surface area contributed by atoms with Crippen LogP contribution in [0.3, 0.4) is 0 Å². The van der Waals surface area contributed by atoms with E-state index in [2.05, 4.69) is 0 Å². The summed E-state index contributed by atoms with van der Waals surface area (Å²) in [6, 6.07) is 5.19. The number of rotatable bonds is 5. The lowest BCUT2D eigenvalue weighted by Gasteiger charge is -2.31. The van der Waals surface area contributed by atoms with Gasteiger partial charge in [-0.1, -0.05) is 19.9 Å². The van der Waals surface area contributed by atoms with E-state index in [1.807, 2.05) is 0 Å². The Morgan fingerprint density at radius 2 is 1.71 bits per heavy atom. The summed E-state index contributed by atoms with van der Waals surface area (Å²) >= 11 is 0. The van der Waals surface area contributed by atoms with Crippen molar-refractivity contribution in [3.05, 3.63) is 23.8 Å². The zero-order valence-electron chi connectivity index (χ0n) is 10.8. The molecule has 1 rings (SSSR count). The average Bonchev–Trinajstić information content (AvgIpc) is 2.36. The van der Waals surface area contributed by atoms with Crippen LogP contribution in [-0.4, -0.2) is 20.8 Å². The van der Waals surface area contributed by atoms with E-state index in [-0.39, 0.29) is 12.5 Å². The van der Waals surface area contributed by atoms with Gasteiger partial charge in [-0.05, 0) is 18.1 Å². The maximum absolute atomic E-state index is 15.0. The molecule has 0 aromatic heterocycles. The Morgan fingerprint density at radius 1 is 1.24 bits per heavy atom. The van der Waals surface area contributed by atoms with Crippen LogP contribution in [0.25, 0.3) is 0 Å². The van der Waals surface area contributed by atoms with Gasteiger partial charge in [-0.25, -0.2) is 4.39 Å². The Balaban J connectivity index is 3.45. The minimum Gasteiger partial charge on any atom is -0.496 e. The third kappa shape index (κ3) is 2.36. The molecule has 0 spiro atoms. The summed E-state index contributed by atoms with van der Waals surface area (Å²) in [5.74, 6) is 0.662. The van der Waals surface area contributed by atoms with Crippen molar-refractivity contribution in [2.24, 2.45) is 11.7 Å². The first-order valence-corrected chi connectivity index (χ1v) is 5.61. The van der Waals surface area contributed by atoms with Crippen LogP contribution >= 0.6 is 0 Å². The Labute approximate surface area is 102 Å². The Bertz CT molecular complexity index is 359. The van der Waals surface area contributed by atoms with E-state index in [1.54, 1.807) is 32.0 Å². The van der Waals surface area contributed by atoms with Crippen LogP contribution in [0.2, 0.25) is 0 Å².